The molecular formula is C32H36ClNO10. The van der Waals surface area contributed by atoms with Gasteiger partial charge in [-0.15, -0.1) is 0 Å². The third kappa shape index (κ3) is 5.21. The molecule has 1 saturated carbocycles. The molecule has 3 atom stereocenters. The van der Waals surface area contributed by atoms with Gasteiger partial charge in [-0.05, 0) is 43.4 Å². The number of allylic oxidation sites excluding steroid dienone is 1. The van der Waals surface area contributed by atoms with Crippen LogP contribution in [-0.4, -0.2) is 71.9 Å². The molecule has 5 rings (SSSR count). The highest BCUT2D eigenvalue weighted by Crippen LogP contribution is 2.56. The van der Waals surface area contributed by atoms with Crippen molar-refractivity contribution >= 4 is 29.1 Å². The number of aromatic hydroxyl groups is 1. The van der Waals surface area contributed by atoms with E-state index in [-0.39, 0.29) is 69.7 Å². The molecule has 2 aliphatic carbocycles. The first kappa shape index (κ1) is 31.5. The maximum absolute atomic E-state index is 14.2. The van der Waals surface area contributed by atoms with E-state index in [4.69, 9.17) is 30.5 Å². The Labute approximate surface area is 259 Å². The van der Waals surface area contributed by atoms with E-state index < -0.39 is 40.9 Å². The second kappa shape index (κ2) is 12.2. The number of methoxy groups -OCH3 is 3. The second-order valence-corrected chi connectivity index (χ2v) is 11.9. The first-order valence-electron chi connectivity index (χ1n) is 14.5. The van der Waals surface area contributed by atoms with Gasteiger partial charge in [0.2, 0.25) is 17.3 Å². The molecule has 1 fully saturated rings. The van der Waals surface area contributed by atoms with Crippen molar-refractivity contribution in [3.8, 4) is 28.7 Å². The number of hydrogen-bond donors (Lipinski definition) is 4. The lowest BCUT2D eigenvalue weighted by atomic mass is 9.69. The summed E-state index contributed by atoms with van der Waals surface area (Å²) in [5.74, 6) is -3.75. The van der Waals surface area contributed by atoms with Crippen molar-refractivity contribution < 1.29 is 48.7 Å². The van der Waals surface area contributed by atoms with Crippen LogP contribution in [0.1, 0.15) is 67.3 Å². The number of benzene rings is 2. The Morgan fingerprint density at radius 2 is 1.70 bits per heavy atom. The third-order valence-electron chi connectivity index (χ3n) is 8.92. The van der Waals surface area contributed by atoms with Crippen molar-refractivity contribution in [2.45, 2.75) is 69.1 Å². The first-order chi connectivity index (χ1) is 21.0. The zero-order valence-electron chi connectivity index (χ0n) is 24.9. The number of aliphatic hydroxyl groups excluding tert-OH is 2. The Kier molecular flexibility index (Phi) is 8.73. The summed E-state index contributed by atoms with van der Waals surface area (Å²) >= 11 is 6.56. The molecule has 12 heteroatoms. The maximum atomic E-state index is 14.2. The number of carbonyl (C=O) groups excluding carboxylic acids is 3. The summed E-state index contributed by atoms with van der Waals surface area (Å²) in [6.07, 6.45) is 1.48. The first-order valence-corrected chi connectivity index (χ1v) is 14.8. The quantitative estimate of drug-likeness (QED) is 0.329. The molecule has 2 aromatic rings. The molecule has 0 saturated heterocycles. The van der Waals surface area contributed by atoms with Crippen molar-refractivity contribution in [3.63, 3.8) is 0 Å². The van der Waals surface area contributed by atoms with E-state index >= 15 is 0 Å². The molecule has 3 aliphatic rings. The van der Waals surface area contributed by atoms with Gasteiger partial charge in [-0.2, -0.15) is 0 Å². The monoisotopic (exact) mass is 629 g/mol. The van der Waals surface area contributed by atoms with Crippen molar-refractivity contribution in [2.24, 2.45) is 5.92 Å². The minimum Gasteiger partial charge on any atom is -0.507 e. The van der Waals surface area contributed by atoms with Crippen LogP contribution in [0.5, 0.6) is 28.7 Å². The smallest absolute Gasteiger partial charge is 0.231 e. The zero-order valence-corrected chi connectivity index (χ0v) is 25.7. The molecule has 1 spiro atoms. The van der Waals surface area contributed by atoms with Gasteiger partial charge in [0.25, 0.3) is 0 Å². The molecule has 0 radical (unpaired) electrons. The highest BCUT2D eigenvalue weighted by atomic mass is 35.5. The number of carbonyl (C=O) groups is 3. The number of hydrogen-bond acceptors (Lipinski definition) is 10. The molecular weight excluding hydrogens is 594 g/mol. The lowest BCUT2D eigenvalue weighted by Gasteiger charge is -2.39. The van der Waals surface area contributed by atoms with E-state index in [1.54, 1.807) is 6.92 Å². The van der Waals surface area contributed by atoms with Crippen LogP contribution in [0.4, 0.5) is 0 Å². The number of phenolic OH excluding ortho intramolecular Hbond substituents is 1. The van der Waals surface area contributed by atoms with Crippen LogP contribution in [0.3, 0.4) is 0 Å². The van der Waals surface area contributed by atoms with E-state index in [0.29, 0.717) is 31.2 Å². The van der Waals surface area contributed by atoms with Crippen LogP contribution in [0.25, 0.3) is 0 Å². The minimum absolute atomic E-state index is 0.00349. The molecule has 0 bridgehead atoms. The Balaban J connectivity index is 1.63. The van der Waals surface area contributed by atoms with Crippen LogP contribution in [0.15, 0.2) is 35.6 Å². The van der Waals surface area contributed by atoms with Gasteiger partial charge in [0, 0.05) is 42.4 Å². The molecule has 2 aromatic carbocycles. The number of phenols is 1. The maximum Gasteiger partial charge on any atom is 0.231 e. The zero-order chi connectivity index (χ0) is 31.9. The Hall–Kier alpha value is -3.96. The van der Waals surface area contributed by atoms with Gasteiger partial charge in [0.1, 0.15) is 22.1 Å². The summed E-state index contributed by atoms with van der Waals surface area (Å²) in [4.78, 5) is 41.5. The van der Waals surface area contributed by atoms with Gasteiger partial charge in [-0.3, -0.25) is 14.4 Å². The fourth-order valence-electron chi connectivity index (χ4n) is 6.53. The summed E-state index contributed by atoms with van der Waals surface area (Å²) in [5.41, 5.74) is -1.78. The van der Waals surface area contributed by atoms with Gasteiger partial charge in [0.05, 0.1) is 27.4 Å². The van der Waals surface area contributed by atoms with Crippen molar-refractivity contribution in [2.75, 3.05) is 21.3 Å². The number of nitrogens with one attached hydrogen (secondary N) is 1. The van der Waals surface area contributed by atoms with E-state index in [9.17, 15) is 29.7 Å². The predicted octanol–water partition coefficient (Wildman–Crippen LogP) is 4.40. The Morgan fingerprint density at radius 1 is 1.05 bits per heavy atom. The van der Waals surface area contributed by atoms with E-state index in [1.165, 1.54) is 45.6 Å². The van der Waals surface area contributed by atoms with Gasteiger partial charge in [-0.1, -0.05) is 24.6 Å². The van der Waals surface area contributed by atoms with Crippen molar-refractivity contribution in [1.82, 2.24) is 5.32 Å². The average molecular weight is 630 g/mol. The van der Waals surface area contributed by atoms with Crippen molar-refractivity contribution in [3.05, 3.63) is 51.7 Å². The molecule has 1 amide bonds. The number of fused-ring (bicyclic) bond motifs is 1. The Bertz CT molecular complexity index is 1530. The summed E-state index contributed by atoms with van der Waals surface area (Å²) in [5, 5.41) is 35.1. The summed E-state index contributed by atoms with van der Waals surface area (Å²) in [6.45, 7) is 1.62. The van der Waals surface area contributed by atoms with E-state index in [2.05, 4.69) is 5.32 Å². The molecule has 1 aliphatic heterocycles. The number of aliphatic hydroxyl groups is 2. The van der Waals surface area contributed by atoms with E-state index in [0.717, 1.165) is 0 Å². The van der Waals surface area contributed by atoms with E-state index in [1.807, 2.05) is 0 Å². The highest BCUT2D eigenvalue weighted by molar-refractivity contribution is 6.35. The predicted molar refractivity (Wildman–Crippen MR) is 159 cm³/mol. The number of rotatable bonds is 8. The number of amides is 1. The molecule has 1 unspecified atom stereocenters. The SMILES string of the molecule is COc1cc(C(CC(=O)NC2CCC(O)CC2)C2=C(O)[C@@]3(Oc4c(Cl)c(OC)cc(OC)c4C3=O)[C@H](C)CC2=O)ccc1O. The molecule has 0 aromatic heterocycles. The van der Waals surface area contributed by atoms with Gasteiger partial charge >= 0.3 is 0 Å². The minimum atomic E-state index is -2.02. The number of Topliss-reactive ketones (excluding diaryl/α,β-unsaturated/α-hetero) is 2. The molecule has 236 valence electrons. The van der Waals surface area contributed by atoms with Crippen LogP contribution in [0, 0.1) is 5.92 Å². The Morgan fingerprint density at radius 3 is 2.34 bits per heavy atom. The van der Waals surface area contributed by atoms with Crippen LogP contribution in [-0.2, 0) is 9.59 Å². The van der Waals surface area contributed by atoms with Gasteiger partial charge in [-0.25, -0.2) is 0 Å². The van der Waals surface area contributed by atoms with Crippen LogP contribution >= 0.6 is 11.6 Å². The van der Waals surface area contributed by atoms with Crippen molar-refractivity contribution in [1.29, 1.82) is 0 Å². The number of ether oxygens (including phenoxy) is 4. The lowest BCUT2D eigenvalue weighted by Crippen LogP contribution is -2.53. The molecule has 1 heterocycles. The third-order valence-corrected chi connectivity index (χ3v) is 9.28. The average Bonchev–Trinajstić information content (AvgIpc) is 3.32. The number of ketones is 2. The fraction of sp³-hybridized carbons (Fsp3) is 0.469. The number of halogens is 1. The van der Waals surface area contributed by atoms with Gasteiger partial charge < -0.3 is 39.6 Å². The molecule has 11 nitrogen and oxygen atoms in total. The largest absolute Gasteiger partial charge is 0.507 e. The molecule has 4 N–H and O–H groups in total. The summed E-state index contributed by atoms with van der Waals surface area (Å²) < 4.78 is 22.3. The highest BCUT2D eigenvalue weighted by Gasteiger charge is 2.61. The second-order valence-electron chi connectivity index (χ2n) is 11.5. The standard InChI is InChI=1S/C32H36ClNO10/c1-15-11-21(37)26(30(39)32(15)31(40)27-23(42-3)14-24(43-4)28(33)29(27)44-32)19(16-5-10-20(36)22(12-16)41-2)13-25(38)34-17-6-8-18(35)9-7-17/h5,10,12,14-15,17-19,35-36,39H,6-9,11,13H2,1-4H3,(H,34,38)/t15-,17?,18?,19?,32+/m1/s1. The molecule has 44 heavy (non-hydrogen) atoms. The summed E-state index contributed by atoms with van der Waals surface area (Å²) in [6, 6.07) is 5.67. The lowest BCUT2D eigenvalue weighted by molar-refractivity contribution is -0.122. The normalized spacial score (nSPS) is 25.4. The van der Waals surface area contributed by atoms with Gasteiger partial charge in [0.15, 0.2) is 28.8 Å². The van der Waals surface area contributed by atoms with Crippen LogP contribution in [0.2, 0.25) is 5.02 Å². The topological polar surface area (TPSA) is 161 Å². The fourth-order valence-corrected chi connectivity index (χ4v) is 6.79. The van der Waals surface area contributed by atoms with Crippen LogP contribution < -0.4 is 24.3 Å². The summed E-state index contributed by atoms with van der Waals surface area (Å²) in [7, 11) is 4.13.